The minimum Gasteiger partial charge on any atom is -0.494 e. The Morgan fingerprint density at radius 2 is 2.10 bits per heavy atom. The number of carbonyl (C=O) groups is 1. The van der Waals surface area contributed by atoms with E-state index in [1.165, 1.54) is 4.90 Å². The van der Waals surface area contributed by atoms with Gasteiger partial charge >= 0.3 is 0 Å². The largest absolute Gasteiger partial charge is 0.494 e. The number of H-pyrrole nitrogens is 1. The number of ether oxygens (including phenoxy) is 1. The van der Waals surface area contributed by atoms with Crippen LogP contribution in [0.25, 0.3) is 10.9 Å². The van der Waals surface area contributed by atoms with E-state index in [0.717, 1.165) is 16.7 Å². The number of carbonyl (C=O) groups excluding carboxylic acids is 1. The number of aromatic amines is 1. The molecule has 2 rings (SSSR count). The van der Waals surface area contributed by atoms with Crippen molar-refractivity contribution in [2.45, 2.75) is 26.4 Å². The topological polar surface area (TPSA) is 65.6 Å². The van der Waals surface area contributed by atoms with Crippen molar-refractivity contribution in [1.29, 1.82) is 0 Å². The molecule has 0 saturated heterocycles. The van der Waals surface area contributed by atoms with Crippen LogP contribution in [-0.2, 0) is 0 Å². The Hall–Kier alpha value is -2.01. The van der Waals surface area contributed by atoms with Crippen LogP contribution < -0.4 is 4.74 Å². The number of hydrogen-bond acceptors (Lipinski definition) is 3. The third kappa shape index (κ3) is 3.76. The summed E-state index contributed by atoms with van der Waals surface area (Å²) >= 11 is 0. The quantitative estimate of drug-likeness (QED) is 0.888. The monoisotopic (exact) mass is 290 g/mol. The molecular weight excluding hydrogens is 268 g/mol. The molecule has 1 amide bonds. The molecule has 0 saturated carbocycles. The number of rotatable bonds is 5. The number of aromatic nitrogens is 1. The summed E-state index contributed by atoms with van der Waals surface area (Å²) in [4.78, 5) is 17.0. The Bertz CT molecular complexity index is 640. The van der Waals surface area contributed by atoms with Gasteiger partial charge in [0.2, 0.25) is 0 Å². The fourth-order valence-electron chi connectivity index (χ4n) is 2.34. The van der Waals surface area contributed by atoms with Crippen molar-refractivity contribution < 1.29 is 14.6 Å². The van der Waals surface area contributed by atoms with Gasteiger partial charge in [-0.25, -0.2) is 0 Å². The number of benzene rings is 1. The van der Waals surface area contributed by atoms with Gasteiger partial charge in [-0.1, -0.05) is 0 Å². The maximum Gasteiger partial charge on any atom is 0.270 e. The van der Waals surface area contributed by atoms with Crippen molar-refractivity contribution in [1.82, 2.24) is 9.88 Å². The van der Waals surface area contributed by atoms with Crippen LogP contribution in [0.3, 0.4) is 0 Å². The van der Waals surface area contributed by atoms with Gasteiger partial charge in [-0.2, -0.15) is 0 Å². The zero-order valence-electron chi connectivity index (χ0n) is 12.9. The summed E-state index contributed by atoms with van der Waals surface area (Å²) in [6.45, 7) is 6.16. The van der Waals surface area contributed by atoms with E-state index >= 15 is 0 Å². The smallest absolute Gasteiger partial charge is 0.270 e. The molecule has 0 spiro atoms. The van der Waals surface area contributed by atoms with E-state index in [4.69, 9.17) is 4.74 Å². The van der Waals surface area contributed by atoms with Gasteiger partial charge in [0, 0.05) is 30.6 Å². The molecule has 0 radical (unpaired) electrons. The first-order valence-corrected chi connectivity index (χ1v) is 7.03. The lowest BCUT2D eigenvalue weighted by molar-refractivity contribution is 0.0365. The normalized spacial score (nSPS) is 11.7. The van der Waals surface area contributed by atoms with E-state index < -0.39 is 5.60 Å². The highest BCUT2D eigenvalue weighted by Gasteiger charge is 2.21. The van der Waals surface area contributed by atoms with Crippen molar-refractivity contribution in [3.05, 3.63) is 30.0 Å². The van der Waals surface area contributed by atoms with Crippen molar-refractivity contribution >= 4 is 16.8 Å². The minimum absolute atomic E-state index is 0.147. The van der Waals surface area contributed by atoms with E-state index in [2.05, 4.69) is 4.98 Å². The van der Waals surface area contributed by atoms with Gasteiger partial charge in [0.15, 0.2) is 0 Å². The highest BCUT2D eigenvalue weighted by Crippen LogP contribution is 2.22. The second-order valence-electron chi connectivity index (χ2n) is 5.84. The Morgan fingerprint density at radius 3 is 2.71 bits per heavy atom. The second-order valence-corrected chi connectivity index (χ2v) is 5.84. The molecule has 5 heteroatoms. The Kier molecular flexibility index (Phi) is 4.23. The van der Waals surface area contributed by atoms with Crippen LogP contribution in [0, 0.1) is 0 Å². The van der Waals surface area contributed by atoms with Crippen molar-refractivity contribution in [3.63, 3.8) is 0 Å². The van der Waals surface area contributed by atoms with Crippen molar-refractivity contribution in [2.24, 2.45) is 0 Å². The molecule has 1 heterocycles. The van der Waals surface area contributed by atoms with Gasteiger partial charge in [-0.15, -0.1) is 0 Å². The molecule has 0 aliphatic heterocycles. The summed E-state index contributed by atoms with van der Waals surface area (Å²) < 4.78 is 5.45. The highest BCUT2D eigenvalue weighted by molar-refractivity contribution is 5.98. The number of fused-ring (bicyclic) bond motifs is 1. The average Bonchev–Trinajstić information content (AvgIpc) is 2.79. The van der Waals surface area contributed by atoms with Gasteiger partial charge in [0.1, 0.15) is 11.4 Å². The molecule has 2 N–H and O–H groups in total. The average molecular weight is 290 g/mol. The first kappa shape index (κ1) is 15.4. The standard InChI is InChI=1S/C16H22N2O3/c1-5-21-12-7-6-11-8-14(17-13(11)9-12)15(19)18(4)10-16(2,3)20/h6-9,17,20H,5,10H2,1-4H3. The predicted octanol–water partition coefficient (Wildman–Crippen LogP) is 2.41. The lowest BCUT2D eigenvalue weighted by Gasteiger charge is -2.25. The molecule has 0 bridgehead atoms. The van der Waals surface area contributed by atoms with E-state index in [0.29, 0.717) is 12.3 Å². The van der Waals surface area contributed by atoms with Crippen LogP contribution in [0.4, 0.5) is 0 Å². The molecule has 21 heavy (non-hydrogen) atoms. The molecule has 1 aromatic heterocycles. The fraction of sp³-hybridized carbons (Fsp3) is 0.438. The number of amides is 1. The second kappa shape index (κ2) is 5.77. The number of aliphatic hydroxyl groups is 1. The maximum absolute atomic E-state index is 12.4. The molecule has 2 aromatic rings. The maximum atomic E-state index is 12.4. The highest BCUT2D eigenvalue weighted by atomic mass is 16.5. The fourth-order valence-corrected chi connectivity index (χ4v) is 2.34. The summed E-state index contributed by atoms with van der Waals surface area (Å²) in [6.07, 6.45) is 0. The third-order valence-electron chi connectivity index (χ3n) is 3.11. The van der Waals surface area contributed by atoms with Crippen molar-refractivity contribution in [3.8, 4) is 5.75 Å². The van der Waals surface area contributed by atoms with Crippen LogP contribution in [0.2, 0.25) is 0 Å². The molecule has 0 aliphatic carbocycles. The first-order chi connectivity index (χ1) is 9.80. The number of likely N-dealkylation sites (N-methyl/N-ethyl adjacent to an activating group) is 1. The summed E-state index contributed by atoms with van der Waals surface area (Å²) in [6, 6.07) is 7.50. The minimum atomic E-state index is -0.918. The summed E-state index contributed by atoms with van der Waals surface area (Å²) in [5.74, 6) is 0.627. The zero-order valence-corrected chi connectivity index (χ0v) is 12.9. The van der Waals surface area contributed by atoms with Gasteiger partial charge in [0.05, 0.1) is 12.2 Å². The van der Waals surface area contributed by atoms with Gasteiger partial charge < -0.3 is 19.7 Å². The van der Waals surface area contributed by atoms with Crippen LogP contribution in [-0.4, -0.2) is 46.7 Å². The summed E-state index contributed by atoms with van der Waals surface area (Å²) in [5, 5.41) is 10.8. The summed E-state index contributed by atoms with van der Waals surface area (Å²) in [7, 11) is 1.68. The van der Waals surface area contributed by atoms with Gasteiger partial charge in [-0.3, -0.25) is 4.79 Å². The van der Waals surface area contributed by atoms with Crippen LogP contribution in [0.1, 0.15) is 31.3 Å². The van der Waals surface area contributed by atoms with E-state index in [-0.39, 0.29) is 12.5 Å². The first-order valence-electron chi connectivity index (χ1n) is 7.03. The number of nitrogens with zero attached hydrogens (tertiary/aromatic N) is 1. The predicted molar refractivity (Wildman–Crippen MR) is 82.7 cm³/mol. The van der Waals surface area contributed by atoms with Gasteiger partial charge in [-0.05, 0) is 39.0 Å². The molecule has 0 atom stereocenters. The molecule has 5 nitrogen and oxygen atoms in total. The van der Waals surface area contributed by atoms with E-state index in [1.54, 1.807) is 20.9 Å². The third-order valence-corrected chi connectivity index (χ3v) is 3.11. The lowest BCUT2D eigenvalue weighted by Crippen LogP contribution is -2.39. The molecule has 0 aliphatic rings. The zero-order chi connectivity index (χ0) is 15.6. The number of nitrogens with one attached hydrogen (secondary N) is 1. The van der Waals surface area contributed by atoms with E-state index in [9.17, 15) is 9.90 Å². The molecule has 1 aromatic carbocycles. The Balaban J connectivity index is 2.24. The van der Waals surface area contributed by atoms with Crippen molar-refractivity contribution in [2.75, 3.05) is 20.2 Å². The van der Waals surface area contributed by atoms with Crippen LogP contribution in [0.5, 0.6) is 5.75 Å². The van der Waals surface area contributed by atoms with Gasteiger partial charge in [0.25, 0.3) is 5.91 Å². The van der Waals surface area contributed by atoms with Crippen LogP contribution >= 0.6 is 0 Å². The lowest BCUT2D eigenvalue weighted by atomic mass is 10.1. The summed E-state index contributed by atoms with van der Waals surface area (Å²) in [5.41, 5.74) is 0.449. The van der Waals surface area contributed by atoms with Crippen LogP contribution in [0.15, 0.2) is 24.3 Å². The number of hydrogen-bond donors (Lipinski definition) is 2. The Labute approximate surface area is 124 Å². The molecular formula is C16H22N2O3. The SMILES string of the molecule is CCOc1ccc2cc(C(=O)N(C)CC(C)(C)O)[nH]c2c1. The van der Waals surface area contributed by atoms with E-state index in [1.807, 2.05) is 31.2 Å². The Morgan fingerprint density at radius 1 is 1.38 bits per heavy atom. The molecule has 114 valence electrons. The molecule has 0 unspecified atom stereocenters. The molecule has 0 fully saturated rings.